The molecule has 2 aromatic heterocycles. The van der Waals surface area contributed by atoms with Crippen LogP contribution in [0.2, 0.25) is 0 Å². The van der Waals surface area contributed by atoms with Crippen LogP contribution in [0.15, 0.2) is 12.3 Å². The Kier molecular flexibility index (Phi) is 6.32. The zero-order valence-corrected chi connectivity index (χ0v) is 20.8. The SMILES string of the molecule is COc1cc(NC2C[C@H]3CCC[C@@H](C2)N3S(=O)(=O)N2CC(C#N)C2)nc(Nc2ncc(C)s2)n1. The van der Waals surface area contributed by atoms with Crippen molar-refractivity contribution >= 4 is 38.4 Å². The van der Waals surface area contributed by atoms with Crippen molar-refractivity contribution in [3.63, 3.8) is 0 Å². The third kappa shape index (κ3) is 4.55. The van der Waals surface area contributed by atoms with Crippen LogP contribution in [-0.2, 0) is 10.2 Å². The van der Waals surface area contributed by atoms with Crippen LogP contribution in [-0.4, -0.2) is 70.3 Å². The highest BCUT2D eigenvalue weighted by molar-refractivity contribution is 7.86. The maximum Gasteiger partial charge on any atom is 0.282 e. The molecule has 13 heteroatoms. The summed E-state index contributed by atoms with van der Waals surface area (Å²) >= 11 is 1.51. The smallest absolute Gasteiger partial charge is 0.282 e. The Balaban J connectivity index is 1.30. The van der Waals surface area contributed by atoms with E-state index >= 15 is 0 Å². The topological polar surface area (TPSA) is 136 Å². The molecule has 0 aromatic carbocycles. The molecule has 1 unspecified atom stereocenters. The third-order valence-electron chi connectivity index (χ3n) is 6.63. The second-order valence-electron chi connectivity index (χ2n) is 9.05. The quantitative estimate of drug-likeness (QED) is 0.583. The molecule has 0 radical (unpaired) electrons. The Morgan fingerprint density at radius 1 is 1.24 bits per heavy atom. The van der Waals surface area contributed by atoms with E-state index < -0.39 is 10.2 Å². The first-order valence-electron chi connectivity index (χ1n) is 11.4. The van der Waals surface area contributed by atoms with Crippen LogP contribution >= 0.6 is 11.3 Å². The van der Waals surface area contributed by atoms with Crippen molar-refractivity contribution < 1.29 is 13.2 Å². The van der Waals surface area contributed by atoms with Crippen molar-refractivity contribution in [3.05, 3.63) is 17.1 Å². The molecule has 11 nitrogen and oxygen atoms in total. The number of fused-ring (bicyclic) bond motifs is 2. The Morgan fingerprint density at radius 2 is 1.97 bits per heavy atom. The fourth-order valence-electron chi connectivity index (χ4n) is 5.05. The van der Waals surface area contributed by atoms with Gasteiger partial charge in [0, 0.05) is 48.4 Å². The highest BCUT2D eigenvalue weighted by Crippen LogP contribution is 2.39. The maximum absolute atomic E-state index is 13.3. The summed E-state index contributed by atoms with van der Waals surface area (Å²) < 4.78 is 35.1. The van der Waals surface area contributed by atoms with Gasteiger partial charge in [-0.3, -0.25) is 5.32 Å². The number of methoxy groups -OCH3 is 1. The molecule has 3 fully saturated rings. The molecule has 3 atom stereocenters. The molecule has 0 saturated carbocycles. The molecule has 0 spiro atoms. The number of nitriles is 1. The molecular weight excluding hydrogens is 476 g/mol. The average molecular weight is 505 g/mol. The van der Waals surface area contributed by atoms with Crippen molar-refractivity contribution in [2.75, 3.05) is 30.8 Å². The lowest BCUT2D eigenvalue weighted by Crippen LogP contribution is -2.63. The Morgan fingerprint density at radius 3 is 2.59 bits per heavy atom. The van der Waals surface area contributed by atoms with Crippen molar-refractivity contribution in [1.29, 1.82) is 5.26 Å². The molecule has 3 aliphatic heterocycles. The summed E-state index contributed by atoms with van der Waals surface area (Å²) in [4.78, 5) is 14.3. The minimum Gasteiger partial charge on any atom is -0.481 e. The summed E-state index contributed by atoms with van der Waals surface area (Å²) in [6, 6.07) is 3.87. The lowest BCUT2D eigenvalue weighted by molar-refractivity contribution is 0.0984. The predicted octanol–water partition coefficient (Wildman–Crippen LogP) is 2.49. The van der Waals surface area contributed by atoms with Crippen molar-refractivity contribution in [2.45, 2.75) is 57.2 Å². The number of thiazole rings is 1. The highest BCUT2D eigenvalue weighted by Gasteiger charge is 2.49. The van der Waals surface area contributed by atoms with Crippen LogP contribution < -0.4 is 15.4 Å². The number of nitrogens with zero attached hydrogens (tertiary/aromatic N) is 6. The van der Waals surface area contributed by atoms with Crippen LogP contribution in [0.5, 0.6) is 5.88 Å². The first-order chi connectivity index (χ1) is 16.4. The fraction of sp³-hybridized carbons (Fsp3) is 0.619. The average Bonchev–Trinajstić information content (AvgIpc) is 3.16. The van der Waals surface area contributed by atoms with Gasteiger partial charge in [-0.1, -0.05) is 6.42 Å². The summed E-state index contributed by atoms with van der Waals surface area (Å²) in [5.41, 5.74) is 0. The van der Waals surface area contributed by atoms with Crippen molar-refractivity contribution in [2.24, 2.45) is 5.92 Å². The highest BCUT2D eigenvalue weighted by atomic mass is 32.2. The zero-order chi connectivity index (χ0) is 23.9. The van der Waals surface area contributed by atoms with Gasteiger partial charge in [0.15, 0.2) is 5.13 Å². The predicted molar refractivity (Wildman–Crippen MR) is 128 cm³/mol. The van der Waals surface area contributed by atoms with E-state index in [9.17, 15) is 8.42 Å². The Bertz CT molecular complexity index is 1180. The molecule has 2 N–H and O–H groups in total. The molecule has 34 heavy (non-hydrogen) atoms. The standard InChI is InChI=1S/C21H28N8O3S2/c1-13-10-23-21(33-13)27-20-25-18(8-19(26-20)32-2)24-15-6-16-4-3-5-17(7-15)29(16)34(30,31)28-11-14(9-22)12-28/h8,10,14-17H,3-7,11-12H2,1-2H3,(H2,23,24,25,26,27)/t15?,16-,17+. The monoisotopic (exact) mass is 504 g/mol. The van der Waals surface area contributed by atoms with Gasteiger partial charge in [0.2, 0.25) is 11.8 Å². The van der Waals surface area contributed by atoms with Crippen LogP contribution in [0, 0.1) is 24.2 Å². The number of nitrogens with one attached hydrogen (secondary N) is 2. The van der Waals surface area contributed by atoms with Crippen LogP contribution in [0.25, 0.3) is 0 Å². The molecular formula is C21H28N8O3S2. The van der Waals surface area contributed by atoms with E-state index in [0.29, 0.717) is 48.7 Å². The molecule has 2 aromatic rings. The molecule has 3 aliphatic rings. The molecule has 2 bridgehead atoms. The van der Waals surface area contributed by atoms with Gasteiger partial charge in [0.05, 0.1) is 19.1 Å². The van der Waals surface area contributed by atoms with E-state index in [0.717, 1.165) is 24.1 Å². The van der Waals surface area contributed by atoms with Gasteiger partial charge in [-0.2, -0.15) is 32.3 Å². The maximum atomic E-state index is 13.3. The summed E-state index contributed by atoms with van der Waals surface area (Å²) in [6.45, 7) is 2.58. The number of piperidine rings is 2. The molecule has 5 heterocycles. The number of hydrogen-bond donors (Lipinski definition) is 2. The Labute approximate surface area is 203 Å². The van der Waals surface area contributed by atoms with Gasteiger partial charge < -0.3 is 10.1 Å². The van der Waals surface area contributed by atoms with E-state index in [-0.39, 0.29) is 24.0 Å². The van der Waals surface area contributed by atoms with E-state index in [2.05, 4.69) is 31.7 Å². The van der Waals surface area contributed by atoms with Gasteiger partial charge in [0.1, 0.15) is 5.82 Å². The third-order valence-corrected chi connectivity index (χ3v) is 9.54. The van der Waals surface area contributed by atoms with Crippen LogP contribution in [0.1, 0.15) is 37.0 Å². The first-order valence-corrected chi connectivity index (χ1v) is 13.6. The second kappa shape index (κ2) is 9.26. The van der Waals surface area contributed by atoms with Gasteiger partial charge in [-0.05, 0) is 32.6 Å². The second-order valence-corrected chi connectivity index (χ2v) is 12.1. The Hall–Kier alpha value is -2.53. The summed E-state index contributed by atoms with van der Waals surface area (Å²) in [5.74, 6) is 1.25. The lowest BCUT2D eigenvalue weighted by atomic mass is 9.84. The number of aryl methyl sites for hydroxylation is 1. The van der Waals surface area contributed by atoms with Gasteiger partial charge >= 0.3 is 0 Å². The molecule has 5 rings (SSSR count). The molecule has 0 aliphatic carbocycles. The van der Waals surface area contributed by atoms with E-state index in [1.54, 1.807) is 23.7 Å². The number of anilines is 3. The van der Waals surface area contributed by atoms with E-state index in [4.69, 9.17) is 10.00 Å². The van der Waals surface area contributed by atoms with Gasteiger partial charge in [0.25, 0.3) is 10.2 Å². The molecule has 182 valence electrons. The number of hydrogen-bond acceptors (Lipinski definition) is 10. The molecule has 0 amide bonds. The van der Waals surface area contributed by atoms with Gasteiger partial charge in [-0.15, -0.1) is 11.3 Å². The zero-order valence-electron chi connectivity index (χ0n) is 19.1. The number of aromatic nitrogens is 3. The summed E-state index contributed by atoms with van der Waals surface area (Å²) in [7, 11) is -1.99. The summed E-state index contributed by atoms with van der Waals surface area (Å²) in [5, 5.41) is 16.4. The van der Waals surface area contributed by atoms with Gasteiger partial charge in [-0.25, -0.2) is 4.98 Å². The van der Waals surface area contributed by atoms with Crippen LogP contribution in [0.3, 0.4) is 0 Å². The van der Waals surface area contributed by atoms with E-state index in [1.807, 2.05) is 6.92 Å². The van der Waals surface area contributed by atoms with Crippen LogP contribution in [0.4, 0.5) is 16.9 Å². The van der Waals surface area contributed by atoms with Crippen molar-refractivity contribution in [1.82, 2.24) is 23.6 Å². The minimum atomic E-state index is -3.55. The lowest BCUT2D eigenvalue weighted by Gasteiger charge is -2.50. The minimum absolute atomic E-state index is 0.0595. The largest absolute Gasteiger partial charge is 0.481 e. The first kappa shape index (κ1) is 23.2. The van der Waals surface area contributed by atoms with Crippen molar-refractivity contribution in [3.8, 4) is 11.9 Å². The normalized spacial score (nSPS) is 25.9. The molecule has 3 saturated heterocycles. The summed E-state index contributed by atoms with van der Waals surface area (Å²) in [6.07, 6.45) is 5.89. The fourth-order valence-corrected chi connectivity index (χ4v) is 7.85. The number of ether oxygens (including phenoxy) is 1. The number of rotatable bonds is 7. The van der Waals surface area contributed by atoms with E-state index in [1.165, 1.54) is 15.6 Å².